The van der Waals surface area contributed by atoms with Gasteiger partial charge in [0.15, 0.2) is 0 Å². The van der Waals surface area contributed by atoms with Gasteiger partial charge in [0.2, 0.25) is 17.7 Å². The molecule has 2 fully saturated rings. The number of carbonyl (C=O) groups excluding carboxylic acids is 4. The van der Waals surface area contributed by atoms with Crippen LogP contribution in [0.25, 0.3) is 0 Å². The van der Waals surface area contributed by atoms with Gasteiger partial charge in [-0.2, -0.15) is 0 Å². The van der Waals surface area contributed by atoms with E-state index in [1.807, 2.05) is 6.07 Å². The van der Waals surface area contributed by atoms with Crippen LogP contribution in [0.5, 0.6) is 0 Å². The first-order valence-electron chi connectivity index (χ1n) is 10.9. The molecule has 0 bridgehead atoms. The molecule has 2 aliphatic carbocycles. The normalized spacial score (nSPS) is 19.3. The third-order valence-corrected chi connectivity index (χ3v) is 5.99. The molecule has 0 aromatic heterocycles. The van der Waals surface area contributed by atoms with Crippen LogP contribution in [0.15, 0.2) is 48.5 Å². The van der Waals surface area contributed by atoms with Crippen LogP contribution in [0.2, 0.25) is 0 Å². The Morgan fingerprint density at radius 3 is 2.16 bits per heavy atom. The van der Waals surface area contributed by atoms with Gasteiger partial charge in [-0.25, -0.2) is 0 Å². The number of hydrogen-bond donors (Lipinski definition) is 3. The van der Waals surface area contributed by atoms with Crippen LogP contribution in [-0.4, -0.2) is 41.1 Å². The lowest BCUT2D eigenvalue weighted by Crippen LogP contribution is -2.42. The van der Waals surface area contributed by atoms with Crippen molar-refractivity contribution in [2.75, 3.05) is 17.2 Å². The van der Waals surface area contributed by atoms with Crippen LogP contribution < -0.4 is 16.0 Å². The van der Waals surface area contributed by atoms with Gasteiger partial charge in [0, 0.05) is 28.9 Å². The van der Waals surface area contributed by atoms with Crippen molar-refractivity contribution >= 4 is 35.0 Å². The van der Waals surface area contributed by atoms with Gasteiger partial charge in [-0.3, -0.25) is 19.2 Å². The van der Waals surface area contributed by atoms with Gasteiger partial charge in [0.25, 0.3) is 5.91 Å². The molecule has 2 aromatic carbocycles. The minimum atomic E-state index is -0.701. The van der Waals surface area contributed by atoms with Crippen LogP contribution in [0.4, 0.5) is 11.4 Å². The van der Waals surface area contributed by atoms with E-state index in [0.717, 1.165) is 25.7 Å². The maximum absolute atomic E-state index is 12.9. The summed E-state index contributed by atoms with van der Waals surface area (Å²) in [6.45, 7) is -0.204. The highest BCUT2D eigenvalue weighted by Crippen LogP contribution is 2.41. The number of carbonyl (C=O) groups is 4. The second-order valence-corrected chi connectivity index (χ2v) is 8.54. The SMILES string of the molecule is O=C(CNC(=O)C1c2ccccc2C(=O)N1C1CC1)Nc1ccc(NC(=O)C2CC2)cc1. The number of amides is 4. The summed E-state index contributed by atoms with van der Waals surface area (Å²) in [4.78, 5) is 51.5. The summed E-state index contributed by atoms with van der Waals surface area (Å²) in [6.07, 6.45) is 3.65. The number of nitrogens with one attached hydrogen (secondary N) is 3. The van der Waals surface area contributed by atoms with Crippen molar-refractivity contribution in [3.63, 3.8) is 0 Å². The van der Waals surface area contributed by atoms with E-state index in [1.165, 1.54) is 0 Å². The summed E-state index contributed by atoms with van der Waals surface area (Å²) in [5.41, 5.74) is 2.48. The average molecular weight is 432 g/mol. The maximum atomic E-state index is 12.9. The third-order valence-electron chi connectivity index (χ3n) is 5.99. The van der Waals surface area contributed by atoms with E-state index in [1.54, 1.807) is 47.4 Å². The molecular formula is C24H24N4O4. The molecule has 8 nitrogen and oxygen atoms in total. The van der Waals surface area contributed by atoms with Crippen molar-refractivity contribution in [1.82, 2.24) is 10.2 Å². The Labute approximate surface area is 185 Å². The van der Waals surface area contributed by atoms with Crippen molar-refractivity contribution in [3.8, 4) is 0 Å². The summed E-state index contributed by atoms with van der Waals surface area (Å²) < 4.78 is 0. The first kappa shape index (κ1) is 20.2. The molecule has 0 radical (unpaired) electrons. The Morgan fingerprint density at radius 2 is 1.50 bits per heavy atom. The van der Waals surface area contributed by atoms with Gasteiger partial charge in [0.05, 0.1) is 6.54 Å². The molecule has 3 N–H and O–H groups in total. The molecule has 4 amide bonds. The molecule has 8 heteroatoms. The predicted molar refractivity (Wildman–Crippen MR) is 118 cm³/mol. The topological polar surface area (TPSA) is 108 Å². The number of benzene rings is 2. The van der Waals surface area contributed by atoms with E-state index >= 15 is 0 Å². The zero-order valence-electron chi connectivity index (χ0n) is 17.5. The van der Waals surface area contributed by atoms with Gasteiger partial charge in [-0.15, -0.1) is 0 Å². The molecule has 1 aliphatic heterocycles. The molecule has 5 rings (SSSR count). The number of anilines is 2. The molecule has 1 atom stereocenters. The number of hydrogen-bond acceptors (Lipinski definition) is 4. The van der Waals surface area contributed by atoms with Gasteiger partial charge in [-0.1, -0.05) is 18.2 Å². The van der Waals surface area contributed by atoms with Crippen molar-refractivity contribution in [2.24, 2.45) is 5.92 Å². The van der Waals surface area contributed by atoms with Crippen LogP contribution in [0, 0.1) is 5.92 Å². The molecule has 2 aromatic rings. The zero-order valence-corrected chi connectivity index (χ0v) is 17.5. The quantitative estimate of drug-likeness (QED) is 0.625. The highest BCUT2D eigenvalue weighted by Gasteiger charge is 2.47. The van der Waals surface area contributed by atoms with Crippen molar-refractivity contribution in [2.45, 2.75) is 37.8 Å². The largest absolute Gasteiger partial charge is 0.345 e. The van der Waals surface area contributed by atoms with Crippen LogP contribution in [0.3, 0.4) is 0 Å². The summed E-state index contributed by atoms with van der Waals surface area (Å²) in [6, 6.07) is 13.4. The fourth-order valence-electron chi connectivity index (χ4n) is 4.03. The number of fused-ring (bicyclic) bond motifs is 1. The molecule has 1 unspecified atom stereocenters. The Kier molecular flexibility index (Phi) is 5.13. The van der Waals surface area contributed by atoms with E-state index in [4.69, 9.17) is 0 Å². The maximum Gasteiger partial charge on any atom is 0.255 e. The Hall–Kier alpha value is -3.68. The first-order chi connectivity index (χ1) is 15.5. The van der Waals surface area contributed by atoms with Crippen molar-refractivity contribution < 1.29 is 19.2 Å². The summed E-state index contributed by atoms with van der Waals surface area (Å²) >= 11 is 0. The Bertz CT molecular complexity index is 1090. The zero-order chi connectivity index (χ0) is 22.2. The standard InChI is InChI=1S/C24H24N4O4/c29-20(26-15-7-9-16(10-8-15)27-22(30)14-5-6-14)13-25-23(31)21-18-3-1-2-4-19(18)24(32)28(21)17-11-12-17/h1-4,7-10,14,17,21H,5-6,11-13H2,(H,25,31)(H,26,29)(H,27,30). The van der Waals surface area contributed by atoms with Gasteiger partial charge < -0.3 is 20.9 Å². The summed E-state index contributed by atoms with van der Waals surface area (Å²) in [5.74, 6) is -0.707. The third kappa shape index (κ3) is 4.08. The number of nitrogens with zero attached hydrogens (tertiary/aromatic N) is 1. The summed E-state index contributed by atoms with van der Waals surface area (Å²) in [7, 11) is 0. The van der Waals surface area contributed by atoms with Crippen molar-refractivity contribution in [3.05, 3.63) is 59.7 Å². The first-order valence-corrected chi connectivity index (χ1v) is 10.9. The highest BCUT2D eigenvalue weighted by atomic mass is 16.2. The minimum Gasteiger partial charge on any atom is -0.345 e. The molecule has 164 valence electrons. The molecule has 3 aliphatic rings. The lowest BCUT2D eigenvalue weighted by Gasteiger charge is -2.24. The molecule has 32 heavy (non-hydrogen) atoms. The molecule has 1 heterocycles. The predicted octanol–water partition coefficient (Wildman–Crippen LogP) is 2.45. The van der Waals surface area contributed by atoms with E-state index in [-0.39, 0.29) is 42.1 Å². The van der Waals surface area contributed by atoms with Gasteiger partial charge in [0.1, 0.15) is 6.04 Å². The summed E-state index contributed by atoms with van der Waals surface area (Å²) in [5, 5.41) is 8.25. The lowest BCUT2D eigenvalue weighted by atomic mass is 10.0. The smallest absolute Gasteiger partial charge is 0.255 e. The molecule has 2 saturated carbocycles. The van der Waals surface area contributed by atoms with Crippen LogP contribution >= 0.6 is 0 Å². The second kappa shape index (κ2) is 8.11. The van der Waals surface area contributed by atoms with Gasteiger partial charge >= 0.3 is 0 Å². The lowest BCUT2D eigenvalue weighted by molar-refractivity contribution is -0.127. The van der Waals surface area contributed by atoms with Crippen molar-refractivity contribution in [1.29, 1.82) is 0 Å². The van der Waals surface area contributed by atoms with Crippen LogP contribution in [-0.2, 0) is 14.4 Å². The van der Waals surface area contributed by atoms with E-state index in [2.05, 4.69) is 16.0 Å². The molecule has 0 spiro atoms. The van der Waals surface area contributed by atoms with Gasteiger partial charge in [-0.05, 0) is 61.6 Å². The average Bonchev–Trinajstić information content (AvgIpc) is 3.71. The monoisotopic (exact) mass is 432 g/mol. The van der Waals surface area contributed by atoms with Crippen LogP contribution in [0.1, 0.15) is 47.6 Å². The van der Waals surface area contributed by atoms with E-state index in [0.29, 0.717) is 22.5 Å². The fraction of sp³-hybridized carbons (Fsp3) is 0.333. The fourth-order valence-corrected chi connectivity index (χ4v) is 4.03. The van der Waals surface area contributed by atoms with E-state index < -0.39 is 6.04 Å². The highest BCUT2D eigenvalue weighted by molar-refractivity contribution is 6.05. The second-order valence-electron chi connectivity index (χ2n) is 8.54. The Morgan fingerprint density at radius 1 is 0.844 bits per heavy atom. The molecule has 0 saturated heterocycles. The van der Waals surface area contributed by atoms with E-state index in [9.17, 15) is 19.2 Å². The minimum absolute atomic E-state index is 0.0247. The number of rotatable bonds is 7. The Balaban J connectivity index is 1.17. The molecular weight excluding hydrogens is 408 g/mol.